The maximum Gasteiger partial charge on any atom is 0.230 e. The highest BCUT2D eigenvalue weighted by Crippen LogP contribution is 2.26. The fourth-order valence-corrected chi connectivity index (χ4v) is 2.85. The predicted molar refractivity (Wildman–Crippen MR) is 113 cm³/mol. The second-order valence-corrected chi connectivity index (χ2v) is 7.69. The Kier molecular flexibility index (Phi) is 7.61. The highest BCUT2D eigenvalue weighted by atomic mass is 16.5. The van der Waals surface area contributed by atoms with Gasteiger partial charge in [-0.2, -0.15) is 0 Å². The summed E-state index contributed by atoms with van der Waals surface area (Å²) in [6.07, 6.45) is 2.43. The summed E-state index contributed by atoms with van der Waals surface area (Å²) in [4.78, 5) is 12.7. The smallest absolute Gasteiger partial charge is 0.230 e. The van der Waals surface area contributed by atoms with Crippen LogP contribution < -0.4 is 10.1 Å². The van der Waals surface area contributed by atoms with Crippen molar-refractivity contribution in [3.8, 4) is 5.75 Å². The summed E-state index contributed by atoms with van der Waals surface area (Å²) in [5, 5.41) is 9.91. The molecule has 5 heteroatoms. The van der Waals surface area contributed by atoms with Gasteiger partial charge < -0.3 is 14.8 Å². The summed E-state index contributed by atoms with van der Waals surface area (Å²) in [5.74, 6) is 0.885. The zero-order valence-corrected chi connectivity index (χ0v) is 17.2. The molecule has 0 spiro atoms. The van der Waals surface area contributed by atoms with Crippen molar-refractivity contribution in [3.63, 3.8) is 0 Å². The lowest BCUT2D eigenvalue weighted by molar-refractivity contribution is -0.124. The Hall–Kier alpha value is -2.82. The first kappa shape index (κ1) is 21.5. The Morgan fingerprint density at radius 2 is 1.96 bits per heavy atom. The number of ether oxygens (including phenoxy) is 2. The van der Waals surface area contributed by atoms with E-state index in [4.69, 9.17) is 14.9 Å². The molecule has 2 aromatic carbocycles. The normalized spacial score (nSPS) is 11.0. The van der Waals surface area contributed by atoms with E-state index in [1.54, 1.807) is 0 Å². The lowest BCUT2D eigenvalue weighted by Crippen LogP contribution is -2.31. The molecular formula is C23H30N2O3. The van der Waals surface area contributed by atoms with Crippen molar-refractivity contribution in [2.75, 3.05) is 11.9 Å². The molecule has 0 saturated heterocycles. The molecule has 0 aliphatic carbocycles. The zero-order chi connectivity index (χ0) is 20.6. The number of carbonyl (C=O) groups excluding carboxylic acids is 1. The summed E-state index contributed by atoms with van der Waals surface area (Å²) in [5.41, 5.74) is 3.42. The van der Waals surface area contributed by atoms with Gasteiger partial charge in [-0.1, -0.05) is 38.1 Å². The van der Waals surface area contributed by atoms with Crippen molar-refractivity contribution >= 4 is 18.0 Å². The van der Waals surface area contributed by atoms with E-state index >= 15 is 0 Å². The van der Waals surface area contributed by atoms with Crippen LogP contribution in [-0.4, -0.2) is 18.9 Å². The molecule has 0 aromatic heterocycles. The molecule has 0 saturated carbocycles. The van der Waals surface area contributed by atoms with Gasteiger partial charge in [0.25, 0.3) is 0 Å². The number of rotatable bonds is 10. The van der Waals surface area contributed by atoms with Crippen LogP contribution in [-0.2, 0) is 16.1 Å². The third-order valence-corrected chi connectivity index (χ3v) is 4.68. The minimum Gasteiger partial charge on any atom is -0.493 e. The molecular weight excluding hydrogens is 352 g/mol. The minimum absolute atomic E-state index is 0.0237. The highest BCUT2D eigenvalue weighted by molar-refractivity contribution is 5.94. The van der Waals surface area contributed by atoms with E-state index in [0.29, 0.717) is 13.2 Å². The quantitative estimate of drug-likeness (QED) is 0.335. The molecule has 0 heterocycles. The average molecular weight is 383 g/mol. The third kappa shape index (κ3) is 6.41. The van der Waals surface area contributed by atoms with Crippen LogP contribution in [0, 0.1) is 24.7 Å². The first-order valence-electron chi connectivity index (χ1n) is 9.53. The second-order valence-electron chi connectivity index (χ2n) is 7.69. The number of aryl methyl sites for hydroxylation is 2. The standard InChI is InChI=1S/C23H30N2O3/c1-17-9-10-18(2)21(13-17)28-12-6-11-23(3,4)22(26)25-20-8-5-7-19(14-20)15-27-16-24/h5,7-10,13-14,16,24H,6,11-12,15H2,1-4H3,(H,25,26). The van der Waals surface area contributed by atoms with E-state index in [1.807, 2.05) is 58.0 Å². The first-order chi connectivity index (χ1) is 13.3. The van der Waals surface area contributed by atoms with Crippen molar-refractivity contribution in [1.29, 1.82) is 5.41 Å². The van der Waals surface area contributed by atoms with Crippen molar-refractivity contribution < 1.29 is 14.3 Å². The van der Waals surface area contributed by atoms with Crippen LogP contribution in [0.1, 0.15) is 43.4 Å². The second kappa shape index (κ2) is 9.93. The monoisotopic (exact) mass is 382 g/mol. The Morgan fingerprint density at radius 3 is 2.71 bits per heavy atom. The van der Waals surface area contributed by atoms with E-state index in [0.717, 1.165) is 41.8 Å². The van der Waals surface area contributed by atoms with Crippen LogP contribution in [0.4, 0.5) is 5.69 Å². The summed E-state index contributed by atoms with van der Waals surface area (Å²) in [6, 6.07) is 13.7. The number of hydrogen-bond donors (Lipinski definition) is 2. The van der Waals surface area contributed by atoms with Crippen molar-refractivity contribution in [2.45, 2.75) is 47.1 Å². The number of hydrogen-bond acceptors (Lipinski definition) is 4. The van der Waals surface area contributed by atoms with Crippen LogP contribution in [0.3, 0.4) is 0 Å². The molecule has 5 nitrogen and oxygen atoms in total. The van der Waals surface area contributed by atoms with Gasteiger partial charge in [-0.15, -0.1) is 0 Å². The molecule has 0 aliphatic rings. The first-order valence-corrected chi connectivity index (χ1v) is 9.53. The lowest BCUT2D eigenvalue weighted by Gasteiger charge is -2.24. The Balaban J connectivity index is 1.85. The Labute approximate surface area is 167 Å². The zero-order valence-electron chi connectivity index (χ0n) is 17.2. The molecule has 2 aromatic rings. The SMILES string of the molecule is Cc1ccc(C)c(OCCCC(C)(C)C(=O)Nc2cccc(COC=N)c2)c1. The third-order valence-electron chi connectivity index (χ3n) is 4.68. The molecule has 0 fully saturated rings. The molecule has 150 valence electrons. The van der Waals surface area contributed by atoms with Gasteiger partial charge in [-0.3, -0.25) is 10.2 Å². The van der Waals surface area contributed by atoms with Crippen molar-refractivity contribution in [2.24, 2.45) is 5.41 Å². The Morgan fingerprint density at radius 1 is 1.18 bits per heavy atom. The number of benzene rings is 2. The highest BCUT2D eigenvalue weighted by Gasteiger charge is 2.27. The van der Waals surface area contributed by atoms with Gasteiger partial charge in [0.1, 0.15) is 12.4 Å². The minimum atomic E-state index is -0.507. The van der Waals surface area contributed by atoms with Crippen LogP contribution in [0.2, 0.25) is 0 Å². The van der Waals surface area contributed by atoms with Crippen molar-refractivity contribution in [1.82, 2.24) is 0 Å². The van der Waals surface area contributed by atoms with Gasteiger partial charge in [0.05, 0.1) is 6.61 Å². The van der Waals surface area contributed by atoms with E-state index in [9.17, 15) is 4.79 Å². The predicted octanol–water partition coefficient (Wildman–Crippen LogP) is 5.25. The summed E-state index contributed by atoms with van der Waals surface area (Å²) < 4.78 is 10.9. The van der Waals surface area contributed by atoms with Crippen LogP contribution in [0.25, 0.3) is 0 Å². The molecule has 0 bridgehead atoms. The van der Waals surface area contributed by atoms with Crippen LogP contribution in [0.5, 0.6) is 5.75 Å². The summed E-state index contributed by atoms with van der Waals surface area (Å²) in [7, 11) is 0. The van der Waals surface area contributed by atoms with Crippen LogP contribution in [0.15, 0.2) is 42.5 Å². The number of anilines is 1. The largest absolute Gasteiger partial charge is 0.493 e. The fourth-order valence-electron chi connectivity index (χ4n) is 2.85. The average Bonchev–Trinajstić information content (AvgIpc) is 2.66. The van der Waals surface area contributed by atoms with E-state index in [2.05, 4.69) is 17.4 Å². The molecule has 28 heavy (non-hydrogen) atoms. The molecule has 0 radical (unpaired) electrons. The van der Waals surface area contributed by atoms with Gasteiger partial charge in [0.2, 0.25) is 5.91 Å². The number of nitrogens with one attached hydrogen (secondary N) is 2. The van der Waals surface area contributed by atoms with E-state index in [1.165, 1.54) is 5.56 Å². The molecule has 0 aliphatic heterocycles. The molecule has 0 atom stereocenters. The van der Waals surface area contributed by atoms with Crippen molar-refractivity contribution in [3.05, 3.63) is 59.2 Å². The van der Waals surface area contributed by atoms with E-state index < -0.39 is 5.41 Å². The topological polar surface area (TPSA) is 71.4 Å². The maximum absolute atomic E-state index is 12.7. The number of amides is 1. The van der Waals surface area contributed by atoms with Gasteiger partial charge in [-0.25, -0.2) is 0 Å². The van der Waals surface area contributed by atoms with Gasteiger partial charge >= 0.3 is 0 Å². The summed E-state index contributed by atoms with van der Waals surface area (Å²) in [6.45, 7) is 8.87. The molecule has 0 unspecified atom stereocenters. The molecule has 2 N–H and O–H groups in total. The molecule has 1 amide bonds. The lowest BCUT2D eigenvalue weighted by atomic mass is 9.87. The number of carbonyl (C=O) groups is 1. The van der Waals surface area contributed by atoms with Gasteiger partial charge in [0, 0.05) is 11.1 Å². The van der Waals surface area contributed by atoms with Crippen LogP contribution >= 0.6 is 0 Å². The van der Waals surface area contributed by atoms with Gasteiger partial charge in [-0.05, 0) is 61.6 Å². The Bertz CT molecular complexity index is 815. The van der Waals surface area contributed by atoms with E-state index in [-0.39, 0.29) is 5.91 Å². The molecule has 2 rings (SSSR count). The van der Waals surface area contributed by atoms with Gasteiger partial charge in [0.15, 0.2) is 6.40 Å². The maximum atomic E-state index is 12.7. The fraction of sp³-hybridized carbons (Fsp3) is 0.391. The summed E-state index contributed by atoms with van der Waals surface area (Å²) >= 11 is 0.